The van der Waals surface area contributed by atoms with Crippen molar-refractivity contribution < 1.29 is 0 Å². The Morgan fingerprint density at radius 1 is 1.00 bits per heavy atom. The van der Waals surface area contributed by atoms with Gasteiger partial charge in [0.05, 0.1) is 12.2 Å². The number of benzene rings is 2. The van der Waals surface area contributed by atoms with Crippen molar-refractivity contribution in [2.75, 3.05) is 17.7 Å². The molecule has 86 valence electrons. The normalized spacial score (nSPS) is 14.7. The zero-order valence-corrected chi connectivity index (χ0v) is 10.1. The number of nitrogens with zero attached hydrogens (tertiary/aromatic N) is 1. The maximum atomic E-state index is 4.34. The van der Waals surface area contributed by atoms with E-state index >= 15 is 0 Å². The van der Waals surface area contributed by atoms with Gasteiger partial charge in [-0.25, -0.2) is 0 Å². The van der Waals surface area contributed by atoms with Crippen LogP contribution in [0.2, 0.25) is 0 Å². The summed E-state index contributed by atoms with van der Waals surface area (Å²) in [6.07, 6.45) is 0. The summed E-state index contributed by atoms with van der Waals surface area (Å²) in [7, 11) is 0. The first kappa shape index (κ1) is 10.5. The Balaban J connectivity index is 1.84. The van der Waals surface area contributed by atoms with E-state index in [1.807, 2.05) is 0 Å². The molecule has 1 heterocycles. The summed E-state index contributed by atoms with van der Waals surface area (Å²) >= 11 is 1.74. The molecule has 3 nitrogen and oxygen atoms in total. The predicted molar refractivity (Wildman–Crippen MR) is 75.5 cm³/mol. The van der Waals surface area contributed by atoms with Crippen LogP contribution in [-0.2, 0) is 0 Å². The van der Waals surface area contributed by atoms with Crippen LogP contribution < -0.4 is 10.9 Å². The molecule has 3 rings (SSSR count). The Hall–Kier alpha value is -1.68. The van der Waals surface area contributed by atoms with Gasteiger partial charge in [0.15, 0.2) is 5.17 Å². The molecule has 0 unspecified atom stereocenters. The van der Waals surface area contributed by atoms with Crippen LogP contribution in [0.15, 0.2) is 47.5 Å². The van der Waals surface area contributed by atoms with E-state index < -0.39 is 0 Å². The Morgan fingerprint density at radius 3 is 2.76 bits per heavy atom. The Morgan fingerprint density at radius 2 is 1.88 bits per heavy atom. The highest BCUT2D eigenvalue weighted by Crippen LogP contribution is 2.22. The van der Waals surface area contributed by atoms with E-state index in [1.54, 1.807) is 11.8 Å². The molecule has 0 amide bonds. The number of nitrogens with one attached hydrogen (secondary N) is 2. The lowest BCUT2D eigenvalue weighted by atomic mass is 10.1. The number of hydrogen-bond donors (Lipinski definition) is 2. The zero-order chi connectivity index (χ0) is 11.5. The monoisotopic (exact) mass is 243 g/mol. The van der Waals surface area contributed by atoms with Crippen LogP contribution in [0.4, 0.5) is 5.69 Å². The molecule has 0 bridgehead atoms. The fourth-order valence-corrected chi connectivity index (χ4v) is 2.55. The minimum atomic E-state index is 0.907. The van der Waals surface area contributed by atoms with Gasteiger partial charge in [0, 0.05) is 11.1 Å². The van der Waals surface area contributed by atoms with Crippen molar-refractivity contribution in [2.45, 2.75) is 0 Å². The van der Waals surface area contributed by atoms with Crippen molar-refractivity contribution in [3.8, 4) is 0 Å². The number of rotatable bonds is 2. The first-order valence-corrected chi connectivity index (χ1v) is 6.59. The van der Waals surface area contributed by atoms with E-state index in [1.165, 1.54) is 10.8 Å². The molecule has 2 aromatic rings. The van der Waals surface area contributed by atoms with Gasteiger partial charge in [0.1, 0.15) is 0 Å². The van der Waals surface area contributed by atoms with Crippen LogP contribution in [0.25, 0.3) is 10.8 Å². The fourth-order valence-electron chi connectivity index (χ4n) is 1.87. The predicted octanol–water partition coefficient (Wildman–Crippen LogP) is 2.86. The first-order valence-electron chi connectivity index (χ1n) is 5.60. The molecule has 0 aliphatic carbocycles. The summed E-state index contributed by atoms with van der Waals surface area (Å²) in [6.45, 7) is 0.907. The van der Waals surface area contributed by atoms with Crippen LogP contribution in [0.1, 0.15) is 0 Å². The van der Waals surface area contributed by atoms with Gasteiger partial charge >= 0.3 is 0 Å². The highest BCUT2D eigenvalue weighted by molar-refractivity contribution is 8.14. The lowest BCUT2D eigenvalue weighted by molar-refractivity contribution is 1.10. The molecule has 2 aromatic carbocycles. The maximum Gasteiger partial charge on any atom is 0.175 e. The van der Waals surface area contributed by atoms with Gasteiger partial charge in [-0.3, -0.25) is 15.8 Å². The minimum absolute atomic E-state index is 0.907. The second-order valence-corrected chi connectivity index (χ2v) is 4.90. The second-order valence-electron chi connectivity index (χ2n) is 3.81. The van der Waals surface area contributed by atoms with Crippen molar-refractivity contribution in [2.24, 2.45) is 4.99 Å². The lowest BCUT2D eigenvalue weighted by Crippen LogP contribution is -2.25. The van der Waals surface area contributed by atoms with Crippen molar-refractivity contribution in [3.05, 3.63) is 42.5 Å². The SMILES string of the molecule is c1ccc2c(NNC3=NCCS3)cccc2c1. The van der Waals surface area contributed by atoms with Gasteiger partial charge in [-0.05, 0) is 11.5 Å². The van der Waals surface area contributed by atoms with Crippen LogP contribution in [-0.4, -0.2) is 17.5 Å². The quantitative estimate of drug-likeness (QED) is 0.796. The molecular weight excluding hydrogens is 230 g/mol. The second kappa shape index (κ2) is 4.67. The van der Waals surface area contributed by atoms with E-state index in [-0.39, 0.29) is 0 Å². The van der Waals surface area contributed by atoms with Gasteiger partial charge in [0.2, 0.25) is 0 Å². The van der Waals surface area contributed by atoms with Crippen molar-refractivity contribution in [1.82, 2.24) is 5.43 Å². The molecule has 0 atom stereocenters. The summed E-state index contributed by atoms with van der Waals surface area (Å²) in [5.41, 5.74) is 7.46. The van der Waals surface area contributed by atoms with Crippen LogP contribution >= 0.6 is 11.8 Å². The number of anilines is 1. The summed E-state index contributed by atoms with van der Waals surface area (Å²) in [5.74, 6) is 1.07. The Bertz CT molecular complexity index is 560. The number of hydrogen-bond acceptors (Lipinski definition) is 4. The largest absolute Gasteiger partial charge is 0.299 e. The third-order valence-corrected chi connectivity index (χ3v) is 3.57. The number of hydrazine groups is 1. The average Bonchev–Trinajstić information content (AvgIpc) is 2.89. The lowest BCUT2D eigenvalue weighted by Gasteiger charge is -2.11. The zero-order valence-electron chi connectivity index (χ0n) is 9.31. The van der Waals surface area contributed by atoms with Gasteiger partial charge in [0.25, 0.3) is 0 Å². The highest BCUT2D eigenvalue weighted by Gasteiger charge is 2.06. The smallest absolute Gasteiger partial charge is 0.175 e. The van der Waals surface area contributed by atoms with E-state index in [9.17, 15) is 0 Å². The molecule has 0 aromatic heterocycles. The number of thioether (sulfide) groups is 1. The van der Waals surface area contributed by atoms with E-state index in [0.717, 1.165) is 23.2 Å². The van der Waals surface area contributed by atoms with Crippen molar-refractivity contribution >= 4 is 33.4 Å². The third kappa shape index (κ3) is 2.22. The third-order valence-electron chi connectivity index (χ3n) is 2.68. The first-order chi connectivity index (χ1) is 8.43. The molecule has 1 aliphatic rings. The molecule has 17 heavy (non-hydrogen) atoms. The van der Waals surface area contributed by atoms with E-state index in [0.29, 0.717) is 0 Å². The molecule has 1 aliphatic heterocycles. The van der Waals surface area contributed by atoms with Gasteiger partial charge in [-0.2, -0.15) is 0 Å². The molecule has 2 N–H and O–H groups in total. The maximum absolute atomic E-state index is 4.34. The number of amidine groups is 1. The summed E-state index contributed by atoms with van der Waals surface area (Å²) in [5, 5.41) is 3.42. The molecule has 4 heteroatoms. The Kier molecular flexibility index (Phi) is 2.88. The molecular formula is C13H13N3S. The van der Waals surface area contributed by atoms with Crippen molar-refractivity contribution in [1.29, 1.82) is 0 Å². The summed E-state index contributed by atoms with van der Waals surface area (Å²) in [6, 6.07) is 14.6. The molecule has 0 saturated heterocycles. The molecule has 0 fully saturated rings. The highest BCUT2D eigenvalue weighted by atomic mass is 32.2. The van der Waals surface area contributed by atoms with Crippen LogP contribution in [0.3, 0.4) is 0 Å². The molecule has 0 radical (unpaired) electrons. The molecule has 0 spiro atoms. The standard InChI is InChI=1S/C13H13N3S/c1-2-6-11-10(4-1)5-3-7-12(11)15-16-13-14-8-9-17-13/h1-7,15H,8-9H2,(H,14,16). The van der Waals surface area contributed by atoms with Gasteiger partial charge in [-0.1, -0.05) is 48.2 Å². The fraction of sp³-hybridized carbons (Fsp3) is 0.154. The van der Waals surface area contributed by atoms with Crippen molar-refractivity contribution in [3.63, 3.8) is 0 Å². The number of aliphatic imine (C=N–C) groups is 1. The molecule has 0 saturated carbocycles. The number of fused-ring (bicyclic) bond motifs is 1. The average molecular weight is 243 g/mol. The van der Waals surface area contributed by atoms with E-state index in [2.05, 4.69) is 58.3 Å². The minimum Gasteiger partial charge on any atom is -0.299 e. The summed E-state index contributed by atoms with van der Waals surface area (Å²) in [4.78, 5) is 4.34. The Labute approximate surface area is 104 Å². The van der Waals surface area contributed by atoms with E-state index in [4.69, 9.17) is 0 Å². The van der Waals surface area contributed by atoms with Crippen LogP contribution in [0.5, 0.6) is 0 Å². The topological polar surface area (TPSA) is 36.4 Å². The van der Waals surface area contributed by atoms with Crippen LogP contribution in [0, 0.1) is 0 Å². The van der Waals surface area contributed by atoms with Gasteiger partial charge in [-0.15, -0.1) is 0 Å². The van der Waals surface area contributed by atoms with Gasteiger partial charge < -0.3 is 0 Å². The summed E-state index contributed by atoms with van der Waals surface area (Å²) < 4.78 is 0.